The van der Waals surface area contributed by atoms with Crippen LogP contribution in [0, 0.1) is 5.92 Å². The Morgan fingerprint density at radius 1 is 1.42 bits per heavy atom. The summed E-state index contributed by atoms with van der Waals surface area (Å²) in [6.45, 7) is 3.91. The quantitative estimate of drug-likeness (QED) is 0.807. The number of likely N-dealkylation sites (tertiary alicyclic amines) is 1. The molecule has 100 valence electrons. The fourth-order valence-corrected chi connectivity index (χ4v) is 2.74. The zero-order valence-corrected chi connectivity index (χ0v) is 11.1. The molecule has 1 aliphatic rings. The first-order valence-corrected chi connectivity index (χ1v) is 6.86. The fraction of sp³-hybridized carbons (Fsp3) is 0.400. The number of anilines is 1. The van der Waals surface area contributed by atoms with Crippen molar-refractivity contribution in [1.82, 2.24) is 9.88 Å². The van der Waals surface area contributed by atoms with Crippen LogP contribution in [-0.2, 0) is 0 Å². The first-order valence-electron chi connectivity index (χ1n) is 6.86. The molecular formula is C15H19N3O. The van der Waals surface area contributed by atoms with Crippen LogP contribution in [-0.4, -0.2) is 29.0 Å². The van der Waals surface area contributed by atoms with Crippen LogP contribution in [0.3, 0.4) is 0 Å². The van der Waals surface area contributed by atoms with Crippen molar-refractivity contribution in [3.05, 3.63) is 30.5 Å². The number of amides is 2. The van der Waals surface area contributed by atoms with Gasteiger partial charge in [0.1, 0.15) is 0 Å². The smallest absolute Gasteiger partial charge is 0.321 e. The molecule has 4 heteroatoms. The number of para-hydroxylation sites is 1. The van der Waals surface area contributed by atoms with Gasteiger partial charge in [-0.25, -0.2) is 4.79 Å². The Morgan fingerprint density at radius 3 is 3.11 bits per heavy atom. The number of fused-ring (bicyclic) bond motifs is 1. The third-order valence-electron chi connectivity index (χ3n) is 3.78. The van der Waals surface area contributed by atoms with E-state index in [2.05, 4.69) is 17.2 Å². The van der Waals surface area contributed by atoms with E-state index in [9.17, 15) is 4.79 Å². The Morgan fingerprint density at radius 2 is 2.26 bits per heavy atom. The Balaban J connectivity index is 1.75. The maximum Gasteiger partial charge on any atom is 0.321 e. The number of benzene rings is 1. The summed E-state index contributed by atoms with van der Waals surface area (Å²) >= 11 is 0. The van der Waals surface area contributed by atoms with Crippen molar-refractivity contribution >= 4 is 22.6 Å². The van der Waals surface area contributed by atoms with Gasteiger partial charge < -0.3 is 15.2 Å². The van der Waals surface area contributed by atoms with Crippen molar-refractivity contribution in [1.29, 1.82) is 0 Å². The van der Waals surface area contributed by atoms with E-state index in [0.717, 1.165) is 36.1 Å². The first-order chi connectivity index (χ1) is 9.24. The van der Waals surface area contributed by atoms with E-state index >= 15 is 0 Å². The second-order valence-corrected chi connectivity index (χ2v) is 5.37. The minimum absolute atomic E-state index is 0.0105. The van der Waals surface area contributed by atoms with Gasteiger partial charge in [-0.1, -0.05) is 25.1 Å². The molecule has 1 fully saturated rings. The number of hydrogen-bond acceptors (Lipinski definition) is 1. The Hall–Kier alpha value is -1.97. The molecule has 3 rings (SSSR count). The van der Waals surface area contributed by atoms with Crippen LogP contribution < -0.4 is 5.32 Å². The monoisotopic (exact) mass is 257 g/mol. The van der Waals surface area contributed by atoms with Gasteiger partial charge in [-0.2, -0.15) is 0 Å². The molecule has 19 heavy (non-hydrogen) atoms. The summed E-state index contributed by atoms with van der Waals surface area (Å²) in [5.74, 6) is 0.600. The summed E-state index contributed by atoms with van der Waals surface area (Å²) in [6, 6.07) is 8.00. The molecule has 0 saturated carbocycles. The van der Waals surface area contributed by atoms with Crippen molar-refractivity contribution in [2.75, 3.05) is 18.4 Å². The average molecular weight is 257 g/mol. The highest BCUT2D eigenvalue weighted by Crippen LogP contribution is 2.23. The number of aromatic amines is 1. The summed E-state index contributed by atoms with van der Waals surface area (Å²) in [5, 5.41) is 4.07. The van der Waals surface area contributed by atoms with Crippen LogP contribution in [0.15, 0.2) is 30.5 Å². The summed E-state index contributed by atoms with van der Waals surface area (Å²) in [7, 11) is 0. The molecule has 2 aromatic rings. The van der Waals surface area contributed by atoms with Crippen molar-refractivity contribution in [3.63, 3.8) is 0 Å². The predicted octanol–water partition coefficient (Wildman–Crippen LogP) is 3.43. The van der Waals surface area contributed by atoms with Gasteiger partial charge in [0.15, 0.2) is 0 Å². The lowest BCUT2D eigenvalue weighted by Gasteiger charge is -2.30. The topological polar surface area (TPSA) is 48.1 Å². The molecule has 2 amide bonds. The van der Waals surface area contributed by atoms with Gasteiger partial charge in [0.25, 0.3) is 0 Å². The molecule has 1 aliphatic heterocycles. The lowest BCUT2D eigenvalue weighted by atomic mass is 10.0. The van der Waals surface area contributed by atoms with E-state index in [1.54, 1.807) is 0 Å². The molecule has 4 nitrogen and oxygen atoms in total. The lowest BCUT2D eigenvalue weighted by molar-refractivity contribution is 0.182. The number of piperidine rings is 1. The Kier molecular flexibility index (Phi) is 3.15. The van der Waals surface area contributed by atoms with E-state index in [0.29, 0.717) is 5.92 Å². The van der Waals surface area contributed by atoms with Gasteiger partial charge in [-0.15, -0.1) is 0 Å². The van der Waals surface area contributed by atoms with Crippen molar-refractivity contribution in [3.8, 4) is 0 Å². The molecule has 1 aromatic heterocycles. The predicted molar refractivity (Wildman–Crippen MR) is 77.3 cm³/mol. The molecule has 1 atom stereocenters. The highest BCUT2D eigenvalue weighted by molar-refractivity contribution is 6.00. The Labute approximate surface area is 112 Å². The Bertz CT molecular complexity index is 590. The SMILES string of the molecule is C[C@@H]1CCCN(C(=O)Nc2c[nH]c3ccccc23)C1. The summed E-state index contributed by atoms with van der Waals surface area (Å²) in [5.41, 5.74) is 1.91. The van der Waals surface area contributed by atoms with Crippen LogP contribution >= 0.6 is 0 Å². The molecule has 2 N–H and O–H groups in total. The number of aromatic nitrogens is 1. The fourth-order valence-electron chi connectivity index (χ4n) is 2.74. The van der Waals surface area contributed by atoms with E-state index in [1.165, 1.54) is 6.42 Å². The maximum absolute atomic E-state index is 12.3. The first kappa shape index (κ1) is 12.1. The molecule has 0 spiro atoms. The van der Waals surface area contributed by atoms with Crippen LogP contribution in [0.4, 0.5) is 10.5 Å². The minimum atomic E-state index is 0.0105. The zero-order valence-electron chi connectivity index (χ0n) is 11.1. The average Bonchev–Trinajstić information content (AvgIpc) is 2.82. The molecule has 1 aromatic carbocycles. The van der Waals surface area contributed by atoms with Crippen molar-refractivity contribution in [2.45, 2.75) is 19.8 Å². The standard InChI is InChI=1S/C15H19N3O/c1-11-5-4-8-18(10-11)15(19)17-14-9-16-13-7-3-2-6-12(13)14/h2-3,6-7,9,11,16H,4-5,8,10H2,1H3,(H,17,19)/t11-/m1/s1. The van der Waals surface area contributed by atoms with Crippen LogP contribution in [0.25, 0.3) is 10.9 Å². The van der Waals surface area contributed by atoms with Crippen molar-refractivity contribution in [2.24, 2.45) is 5.92 Å². The van der Waals surface area contributed by atoms with Gasteiger partial charge in [0, 0.05) is 30.2 Å². The minimum Gasteiger partial charge on any atom is -0.359 e. The van der Waals surface area contributed by atoms with E-state index in [1.807, 2.05) is 35.4 Å². The molecule has 0 unspecified atom stereocenters. The lowest BCUT2D eigenvalue weighted by Crippen LogP contribution is -2.41. The number of H-pyrrole nitrogens is 1. The van der Waals surface area contributed by atoms with Gasteiger partial charge >= 0.3 is 6.03 Å². The maximum atomic E-state index is 12.3. The van der Waals surface area contributed by atoms with Gasteiger partial charge in [-0.05, 0) is 24.8 Å². The zero-order chi connectivity index (χ0) is 13.2. The van der Waals surface area contributed by atoms with Gasteiger partial charge in [0.05, 0.1) is 5.69 Å². The number of urea groups is 1. The van der Waals surface area contributed by atoms with Gasteiger partial charge in [0.2, 0.25) is 0 Å². The van der Waals surface area contributed by atoms with E-state index < -0.39 is 0 Å². The highest BCUT2D eigenvalue weighted by atomic mass is 16.2. The summed E-state index contributed by atoms with van der Waals surface area (Å²) < 4.78 is 0. The third-order valence-corrected chi connectivity index (χ3v) is 3.78. The largest absolute Gasteiger partial charge is 0.359 e. The van der Waals surface area contributed by atoms with Crippen LogP contribution in [0.2, 0.25) is 0 Å². The second-order valence-electron chi connectivity index (χ2n) is 5.37. The normalized spacial score (nSPS) is 19.6. The number of nitrogens with zero attached hydrogens (tertiary/aromatic N) is 1. The van der Waals surface area contributed by atoms with Crippen LogP contribution in [0.1, 0.15) is 19.8 Å². The number of rotatable bonds is 1. The number of nitrogens with one attached hydrogen (secondary N) is 2. The second kappa shape index (κ2) is 4.96. The highest BCUT2D eigenvalue weighted by Gasteiger charge is 2.21. The number of carbonyl (C=O) groups is 1. The van der Waals surface area contributed by atoms with Gasteiger partial charge in [-0.3, -0.25) is 0 Å². The van der Waals surface area contributed by atoms with Crippen molar-refractivity contribution < 1.29 is 4.79 Å². The van der Waals surface area contributed by atoms with E-state index in [-0.39, 0.29) is 6.03 Å². The van der Waals surface area contributed by atoms with Crippen LogP contribution in [0.5, 0.6) is 0 Å². The number of hydrogen-bond donors (Lipinski definition) is 2. The molecule has 0 radical (unpaired) electrons. The molecule has 0 aliphatic carbocycles. The van der Waals surface area contributed by atoms with E-state index in [4.69, 9.17) is 0 Å². The summed E-state index contributed by atoms with van der Waals surface area (Å²) in [4.78, 5) is 17.3. The molecule has 0 bridgehead atoms. The number of carbonyl (C=O) groups excluding carboxylic acids is 1. The molecular weight excluding hydrogens is 238 g/mol. The third kappa shape index (κ3) is 2.43. The molecule has 1 saturated heterocycles. The molecule has 2 heterocycles. The summed E-state index contributed by atoms with van der Waals surface area (Å²) in [6.07, 6.45) is 4.18.